The van der Waals surface area contributed by atoms with Gasteiger partial charge >= 0.3 is 5.69 Å². The van der Waals surface area contributed by atoms with Gasteiger partial charge in [0.15, 0.2) is 5.82 Å². The van der Waals surface area contributed by atoms with Crippen LogP contribution in [0.25, 0.3) is 0 Å². The lowest BCUT2D eigenvalue weighted by atomic mass is 9.68. The van der Waals surface area contributed by atoms with E-state index >= 15 is 0 Å². The summed E-state index contributed by atoms with van der Waals surface area (Å²) in [6.07, 6.45) is 0. The molecule has 0 saturated heterocycles. The third-order valence-corrected chi connectivity index (χ3v) is 5.57. The van der Waals surface area contributed by atoms with Crippen LogP contribution in [0.3, 0.4) is 0 Å². The molecule has 28 heavy (non-hydrogen) atoms. The Bertz CT molecular complexity index is 1330. The first-order valence-corrected chi connectivity index (χ1v) is 8.53. The van der Waals surface area contributed by atoms with Crippen molar-refractivity contribution in [1.29, 1.82) is 0 Å². The predicted molar refractivity (Wildman–Crippen MR) is 98.4 cm³/mol. The van der Waals surface area contributed by atoms with Gasteiger partial charge in [0.2, 0.25) is 5.91 Å². The molecule has 4 heterocycles. The van der Waals surface area contributed by atoms with Crippen LogP contribution in [0.1, 0.15) is 22.4 Å². The van der Waals surface area contributed by atoms with Crippen molar-refractivity contribution < 1.29 is 9.18 Å². The number of aromatic nitrogens is 4. The number of hydrogen-bond acceptors (Lipinski definition) is 5. The molecule has 1 spiro atoms. The number of anilines is 3. The van der Waals surface area contributed by atoms with Crippen LogP contribution in [0.2, 0.25) is 0 Å². The molecule has 2 aromatic heterocycles. The molecular weight excluding hydrogens is 367 g/mol. The zero-order valence-corrected chi connectivity index (χ0v) is 15.2. The second-order valence-corrected chi connectivity index (χ2v) is 7.02. The maximum absolute atomic E-state index is 14.2. The van der Waals surface area contributed by atoms with Gasteiger partial charge in [0.1, 0.15) is 17.1 Å². The van der Waals surface area contributed by atoms with Crippen LogP contribution in [0.15, 0.2) is 27.8 Å². The summed E-state index contributed by atoms with van der Waals surface area (Å²) in [5.74, 6) is -0.587. The van der Waals surface area contributed by atoms with E-state index in [1.807, 2.05) is 0 Å². The highest BCUT2D eigenvalue weighted by Crippen LogP contribution is 2.53. The van der Waals surface area contributed by atoms with E-state index in [0.717, 1.165) is 4.57 Å². The van der Waals surface area contributed by atoms with Crippen LogP contribution in [0.4, 0.5) is 21.7 Å². The second-order valence-electron chi connectivity index (χ2n) is 7.02. The number of nitrogens with zero attached hydrogens (tertiary/aromatic N) is 3. The Balaban J connectivity index is 2.06. The Labute approximate surface area is 156 Å². The average molecular weight is 382 g/mol. The zero-order valence-electron chi connectivity index (χ0n) is 15.2. The Hall–Kier alpha value is -3.69. The number of aryl methyl sites for hydroxylation is 1. The van der Waals surface area contributed by atoms with E-state index in [1.165, 1.54) is 36.9 Å². The molecule has 2 aliphatic heterocycles. The third-order valence-electron chi connectivity index (χ3n) is 5.57. The highest BCUT2D eigenvalue weighted by atomic mass is 19.1. The minimum atomic E-state index is -1.63. The number of halogens is 1. The van der Waals surface area contributed by atoms with Crippen LogP contribution in [-0.2, 0) is 24.3 Å². The average Bonchev–Trinajstić information content (AvgIpc) is 3.17. The van der Waals surface area contributed by atoms with Crippen molar-refractivity contribution in [2.24, 2.45) is 14.1 Å². The molecule has 0 aliphatic carbocycles. The van der Waals surface area contributed by atoms with Crippen molar-refractivity contribution in [2.45, 2.75) is 12.3 Å². The first kappa shape index (κ1) is 16.5. The van der Waals surface area contributed by atoms with Crippen LogP contribution >= 0.6 is 0 Å². The highest BCUT2D eigenvalue weighted by molar-refractivity contribution is 6.13. The summed E-state index contributed by atoms with van der Waals surface area (Å²) in [7, 11) is 2.83. The van der Waals surface area contributed by atoms with Gasteiger partial charge in [-0.2, -0.15) is 5.10 Å². The fraction of sp³-hybridized carbons (Fsp3) is 0.222. The minimum Gasteiger partial charge on any atom is -0.324 e. The number of nitrogens with one attached hydrogen (secondary N) is 3. The van der Waals surface area contributed by atoms with Gasteiger partial charge in [0, 0.05) is 36.6 Å². The van der Waals surface area contributed by atoms with Gasteiger partial charge in [0.05, 0.1) is 5.56 Å². The SMILES string of the molecule is Cc1[nH]nc2c1C1(C(=O)Nc3ccc(F)cc31)c1c(n(C)c(=O)n(C)c1=O)N2. The first-order chi connectivity index (χ1) is 13.3. The normalized spacial score (nSPS) is 19.1. The number of fused-ring (bicyclic) bond motifs is 6. The topological polar surface area (TPSA) is 114 Å². The Morgan fingerprint density at radius 1 is 1.07 bits per heavy atom. The summed E-state index contributed by atoms with van der Waals surface area (Å²) < 4.78 is 16.4. The van der Waals surface area contributed by atoms with E-state index in [0.29, 0.717) is 28.3 Å². The number of benzene rings is 1. The zero-order chi connectivity index (χ0) is 20.0. The second kappa shape index (κ2) is 4.97. The van der Waals surface area contributed by atoms with E-state index in [4.69, 9.17) is 0 Å². The Morgan fingerprint density at radius 2 is 1.82 bits per heavy atom. The van der Waals surface area contributed by atoms with Gasteiger partial charge in [0.25, 0.3) is 5.56 Å². The molecular formula is C18H15FN6O3. The van der Waals surface area contributed by atoms with Gasteiger partial charge in [-0.1, -0.05) is 0 Å². The maximum Gasteiger partial charge on any atom is 0.332 e. The summed E-state index contributed by atoms with van der Waals surface area (Å²) >= 11 is 0. The van der Waals surface area contributed by atoms with E-state index in [2.05, 4.69) is 20.8 Å². The molecule has 9 nitrogen and oxygen atoms in total. The summed E-state index contributed by atoms with van der Waals surface area (Å²) in [6, 6.07) is 3.94. The summed E-state index contributed by atoms with van der Waals surface area (Å²) in [4.78, 5) is 39.1. The van der Waals surface area contributed by atoms with Crippen molar-refractivity contribution in [2.75, 3.05) is 10.6 Å². The molecule has 3 aromatic rings. The Morgan fingerprint density at radius 3 is 2.57 bits per heavy atom. The number of aromatic amines is 1. The molecule has 1 atom stereocenters. The maximum atomic E-state index is 14.2. The highest BCUT2D eigenvalue weighted by Gasteiger charge is 2.58. The van der Waals surface area contributed by atoms with E-state index in [-0.39, 0.29) is 11.4 Å². The molecule has 3 N–H and O–H groups in total. The molecule has 2 aliphatic rings. The van der Waals surface area contributed by atoms with Crippen molar-refractivity contribution in [3.8, 4) is 0 Å². The minimum absolute atomic E-state index is 0.0518. The summed E-state index contributed by atoms with van der Waals surface area (Å²) in [5.41, 5.74) is -1.08. The first-order valence-electron chi connectivity index (χ1n) is 8.53. The fourth-order valence-electron chi connectivity index (χ4n) is 4.31. The standard InChI is InChI=1S/C18H15FN6O3/c1-7-11-13(23-22-7)21-14-12(15(26)25(3)17(28)24(14)2)18(11)9-6-8(19)4-5-10(9)20-16(18)27/h4-6H,1-3H3,(H,20,27)(H2,21,22,23). The van der Waals surface area contributed by atoms with Gasteiger partial charge in [-0.05, 0) is 25.1 Å². The monoisotopic (exact) mass is 382 g/mol. The predicted octanol–water partition coefficient (Wildman–Crippen LogP) is 0.598. The van der Waals surface area contributed by atoms with Crippen LogP contribution in [0.5, 0.6) is 0 Å². The number of H-pyrrole nitrogens is 1. The summed E-state index contributed by atoms with van der Waals surface area (Å²) in [5, 5.41) is 12.8. The van der Waals surface area contributed by atoms with Crippen molar-refractivity contribution in [3.63, 3.8) is 0 Å². The lowest BCUT2D eigenvalue weighted by Gasteiger charge is -2.34. The largest absolute Gasteiger partial charge is 0.332 e. The quantitative estimate of drug-likeness (QED) is 0.527. The van der Waals surface area contributed by atoms with Crippen molar-refractivity contribution >= 4 is 23.2 Å². The number of amides is 1. The lowest BCUT2D eigenvalue weighted by Crippen LogP contribution is -2.50. The Kier molecular flexibility index (Phi) is 2.93. The van der Waals surface area contributed by atoms with Crippen molar-refractivity contribution in [3.05, 3.63) is 67.2 Å². The summed E-state index contributed by atoms with van der Waals surface area (Å²) in [6.45, 7) is 1.72. The van der Waals surface area contributed by atoms with Crippen LogP contribution < -0.4 is 21.9 Å². The molecule has 1 aromatic carbocycles. The number of rotatable bonds is 0. The molecule has 142 valence electrons. The molecule has 0 saturated carbocycles. The molecule has 5 rings (SSSR count). The number of hydrogen-bond donors (Lipinski definition) is 3. The molecule has 0 bridgehead atoms. The van der Waals surface area contributed by atoms with Gasteiger partial charge in [-0.3, -0.25) is 23.8 Å². The van der Waals surface area contributed by atoms with E-state index in [1.54, 1.807) is 6.92 Å². The molecule has 0 radical (unpaired) electrons. The number of carbonyl (C=O) groups is 1. The molecule has 0 fully saturated rings. The smallest absolute Gasteiger partial charge is 0.324 e. The van der Waals surface area contributed by atoms with E-state index < -0.39 is 28.4 Å². The van der Waals surface area contributed by atoms with Gasteiger partial charge in [-0.15, -0.1) is 0 Å². The van der Waals surface area contributed by atoms with Crippen LogP contribution in [-0.4, -0.2) is 25.2 Å². The third kappa shape index (κ3) is 1.65. The number of carbonyl (C=O) groups excluding carboxylic acids is 1. The van der Waals surface area contributed by atoms with Crippen LogP contribution in [0, 0.1) is 12.7 Å². The fourth-order valence-corrected chi connectivity index (χ4v) is 4.31. The molecule has 1 unspecified atom stereocenters. The lowest BCUT2D eigenvalue weighted by molar-refractivity contribution is -0.118. The molecule has 1 amide bonds. The van der Waals surface area contributed by atoms with Gasteiger partial charge in [-0.25, -0.2) is 9.18 Å². The molecule has 10 heteroatoms. The van der Waals surface area contributed by atoms with E-state index in [9.17, 15) is 18.8 Å². The van der Waals surface area contributed by atoms with Gasteiger partial charge < -0.3 is 10.6 Å². The van der Waals surface area contributed by atoms with Crippen molar-refractivity contribution in [1.82, 2.24) is 19.3 Å².